The molecule has 0 atom stereocenters. The number of anilines is 1. The van der Waals surface area contributed by atoms with Crippen molar-refractivity contribution in [1.82, 2.24) is 19.1 Å². The fourth-order valence-corrected chi connectivity index (χ4v) is 2.77. The summed E-state index contributed by atoms with van der Waals surface area (Å²) in [6.45, 7) is 6.85. The van der Waals surface area contributed by atoms with Gasteiger partial charge in [0.05, 0.1) is 6.61 Å². The Morgan fingerprint density at radius 2 is 1.79 bits per heavy atom. The molecule has 8 nitrogen and oxygen atoms in total. The molecule has 9 heteroatoms. The first-order valence-corrected chi connectivity index (χ1v) is 8.34. The smallest absolute Gasteiger partial charge is 0.360 e. The average Bonchev–Trinajstić information content (AvgIpc) is 2.55. The van der Waals surface area contributed by atoms with E-state index >= 15 is 0 Å². The van der Waals surface area contributed by atoms with Crippen molar-refractivity contribution in [2.45, 2.75) is 46.7 Å². The van der Waals surface area contributed by atoms with Crippen LogP contribution in [0.1, 0.15) is 44.1 Å². The first kappa shape index (κ1) is 18.1. The van der Waals surface area contributed by atoms with E-state index in [-0.39, 0.29) is 29.2 Å². The molecule has 0 bridgehead atoms. The van der Waals surface area contributed by atoms with Gasteiger partial charge in [-0.05, 0) is 32.0 Å². The molecule has 2 aromatic heterocycles. The lowest BCUT2D eigenvalue weighted by Crippen LogP contribution is -2.28. The molecule has 0 unspecified atom stereocenters. The molecule has 0 saturated heterocycles. The Bertz CT molecular complexity index is 887. The molecule has 2 rings (SSSR count). The third-order valence-corrected chi connectivity index (χ3v) is 3.87. The number of aryl methyl sites for hydroxylation is 1. The number of hydrogen-bond acceptors (Lipinski definition) is 7. The third-order valence-electron chi connectivity index (χ3n) is 3.43. The van der Waals surface area contributed by atoms with E-state index in [0.29, 0.717) is 23.5 Å². The van der Waals surface area contributed by atoms with Gasteiger partial charge < -0.3 is 15.0 Å². The highest BCUT2D eigenvalue weighted by Gasteiger charge is 2.20. The Balaban J connectivity index is 2.86. The molecular formula is C15H21N5O3S. The molecule has 130 valence electrons. The fourth-order valence-electron chi connectivity index (χ4n) is 2.42. The zero-order valence-electron chi connectivity index (χ0n) is 14.0. The minimum atomic E-state index is -0.699. The molecule has 0 aliphatic heterocycles. The molecule has 0 fully saturated rings. The number of carbonyl (C=O) groups is 1. The predicted octanol–water partition coefficient (Wildman–Crippen LogP) is 1.90. The molecule has 0 aromatic carbocycles. The number of esters is 1. The highest BCUT2D eigenvalue weighted by molar-refractivity contribution is 7.71. The minimum absolute atomic E-state index is 0.0720. The fraction of sp³-hybridized carbons (Fsp3) is 0.533. The predicted molar refractivity (Wildman–Crippen MR) is 93.6 cm³/mol. The van der Waals surface area contributed by atoms with Gasteiger partial charge in [-0.2, -0.15) is 0 Å². The second-order valence-electron chi connectivity index (χ2n) is 5.24. The highest BCUT2D eigenvalue weighted by atomic mass is 32.1. The largest absolute Gasteiger partial charge is 0.461 e. The van der Waals surface area contributed by atoms with E-state index in [0.717, 1.165) is 12.8 Å². The minimum Gasteiger partial charge on any atom is -0.461 e. The standard InChI is InChI=1S/C15H21N5O3S/c1-4-7-19-12-10(13(21)20(8-5-2)15(19)24)17-9(11(16)18-12)14(22)23-6-3/h4-8H2,1-3H3,(H2,16,18). The van der Waals surface area contributed by atoms with E-state index in [4.69, 9.17) is 22.7 Å². The van der Waals surface area contributed by atoms with Crippen molar-refractivity contribution in [3.8, 4) is 0 Å². The van der Waals surface area contributed by atoms with Crippen LogP contribution in [-0.4, -0.2) is 31.7 Å². The van der Waals surface area contributed by atoms with Crippen LogP contribution in [0.3, 0.4) is 0 Å². The summed E-state index contributed by atoms with van der Waals surface area (Å²) in [5, 5.41) is 0. The first-order chi connectivity index (χ1) is 11.5. The van der Waals surface area contributed by atoms with Gasteiger partial charge in [0.2, 0.25) is 0 Å². The molecule has 0 saturated carbocycles. The lowest BCUT2D eigenvalue weighted by molar-refractivity contribution is 0.0521. The molecule has 0 aliphatic carbocycles. The van der Waals surface area contributed by atoms with Crippen molar-refractivity contribution < 1.29 is 9.53 Å². The van der Waals surface area contributed by atoms with E-state index in [2.05, 4.69) is 9.97 Å². The van der Waals surface area contributed by atoms with Crippen LogP contribution in [-0.2, 0) is 17.8 Å². The zero-order valence-corrected chi connectivity index (χ0v) is 14.9. The number of nitrogen functional groups attached to an aromatic ring is 1. The molecule has 0 aliphatic rings. The summed E-state index contributed by atoms with van der Waals surface area (Å²) >= 11 is 5.43. The van der Waals surface area contributed by atoms with Gasteiger partial charge in [-0.25, -0.2) is 14.8 Å². The van der Waals surface area contributed by atoms with Gasteiger partial charge >= 0.3 is 5.97 Å². The first-order valence-electron chi connectivity index (χ1n) is 7.94. The maximum Gasteiger partial charge on any atom is 0.360 e. The molecule has 24 heavy (non-hydrogen) atoms. The summed E-state index contributed by atoms with van der Waals surface area (Å²) < 4.78 is 8.52. The Morgan fingerprint density at radius 3 is 2.38 bits per heavy atom. The Labute approximate surface area is 144 Å². The number of rotatable bonds is 6. The molecule has 2 heterocycles. The van der Waals surface area contributed by atoms with Gasteiger partial charge in [0.1, 0.15) is 0 Å². The van der Waals surface area contributed by atoms with Crippen LogP contribution >= 0.6 is 12.2 Å². The number of carbonyl (C=O) groups excluding carboxylic acids is 1. The third kappa shape index (κ3) is 3.16. The number of ether oxygens (including phenoxy) is 1. The molecule has 2 N–H and O–H groups in total. The summed E-state index contributed by atoms with van der Waals surface area (Å²) in [5.74, 6) is -0.775. The topological polar surface area (TPSA) is 105 Å². The summed E-state index contributed by atoms with van der Waals surface area (Å²) in [4.78, 5) is 33.1. The lowest BCUT2D eigenvalue weighted by atomic mass is 10.3. The summed E-state index contributed by atoms with van der Waals surface area (Å²) in [6.07, 6.45) is 1.54. The Morgan fingerprint density at radius 1 is 1.17 bits per heavy atom. The number of hydrogen-bond donors (Lipinski definition) is 1. The SMILES string of the molecule is CCCn1c(=O)c2nc(C(=O)OCC)c(N)nc2n(CCC)c1=S. The monoisotopic (exact) mass is 351 g/mol. The van der Waals surface area contributed by atoms with Gasteiger partial charge in [0, 0.05) is 13.1 Å². The van der Waals surface area contributed by atoms with Crippen LogP contribution in [0.4, 0.5) is 5.82 Å². The molecule has 2 aromatic rings. The lowest BCUT2D eigenvalue weighted by Gasteiger charge is -2.15. The van der Waals surface area contributed by atoms with Crippen molar-refractivity contribution in [3.63, 3.8) is 0 Å². The van der Waals surface area contributed by atoms with Gasteiger partial charge in [0.15, 0.2) is 27.4 Å². The van der Waals surface area contributed by atoms with E-state index in [1.807, 2.05) is 13.8 Å². The van der Waals surface area contributed by atoms with Crippen molar-refractivity contribution in [2.75, 3.05) is 12.3 Å². The van der Waals surface area contributed by atoms with Gasteiger partial charge in [-0.3, -0.25) is 9.36 Å². The van der Waals surface area contributed by atoms with Crippen LogP contribution in [0.5, 0.6) is 0 Å². The Kier molecular flexibility index (Phi) is 5.66. The molecule has 0 amide bonds. The second-order valence-corrected chi connectivity index (χ2v) is 5.61. The summed E-state index contributed by atoms with van der Waals surface area (Å²) in [5.41, 5.74) is 5.70. The van der Waals surface area contributed by atoms with Gasteiger partial charge in [0.25, 0.3) is 5.56 Å². The van der Waals surface area contributed by atoms with Crippen LogP contribution in [0.25, 0.3) is 11.2 Å². The van der Waals surface area contributed by atoms with E-state index in [9.17, 15) is 9.59 Å². The van der Waals surface area contributed by atoms with Gasteiger partial charge in [-0.1, -0.05) is 13.8 Å². The van der Waals surface area contributed by atoms with Crippen LogP contribution < -0.4 is 11.3 Å². The normalized spacial score (nSPS) is 11.0. The molecule has 0 spiro atoms. The molecular weight excluding hydrogens is 330 g/mol. The summed E-state index contributed by atoms with van der Waals surface area (Å²) in [6, 6.07) is 0. The van der Waals surface area contributed by atoms with Crippen molar-refractivity contribution in [3.05, 3.63) is 20.8 Å². The van der Waals surface area contributed by atoms with E-state index < -0.39 is 5.97 Å². The quantitative estimate of drug-likeness (QED) is 0.626. The maximum atomic E-state index is 12.7. The number of nitrogens with two attached hydrogens (primary N) is 1. The van der Waals surface area contributed by atoms with Crippen LogP contribution in [0.2, 0.25) is 0 Å². The van der Waals surface area contributed by atoms with E-state index in [1.54, 1.807) is 11.5 Å². The van der Waals surface area contributed by atoms with Crippen molar-refractivity contribution in [1.29, 1.82) is 0 Å². The van der Waals surface area contributed by atoms with Crippen molar-refractivity contribution >= 4 is 35.2 Å². The Hall–Kier alpha value is -2.29. The number of fused-ring (bicyclic) bond motifs is 1. The van der Waals surface area contributed by atoms with Crippen molar-refractivity contribution in [2.24, 2.45) is 0 Å². The van der Waals surface area contributed by atoms with Gasteiger partial charge in [-0.15, -0.1) is 0 Å². The van der Waals surface area contributed by atoms with Crippen LogP contribution in [0.15, 0.2) is 4.79 Å². The average molecular weight is 351 g/mol. The number of aromatic nitrogens is 4. The molecule has 0 radical (unpaired) electrons. The zero-order chi connectivity index (χ0) is 17.9. The number of nitrogens with zero attached hydrogens (tertiary/aromatic N) is 4. The van der Waals surface area contributed by atoms with Crippen LogP contribution in [0, 0.1) is 4.77 Å². The maximum absolute atomic E-state index is 12.7. The summed E-state index contributed by atoms with van der Waals surface area (Å²) in [7, 11) is 0. The van der Waals surface area contributed by atoms with E-state index in [1.165, 1.54) is 4.57 Å². The second kappa shape index (κ2) is 7.52. The highest BCUT2D eigenvalue weighted by Crippen LogP contribution is 2.15.